The van der Waals surface area contributed by atoms with Gasteiger partial charge in [-0.1, -0.05) is 13.8 Å². The average Bonchev–Trinajstić information content (AvgIpc) is 2.42. The largest absolute Gasteiger partial charge is 0.491 e. The third-order valence-electron chi connectivity index (χ3n) is 2.79. The van der Waals surface area contributed by atoms with Crippen LogP contribution < -0.4 is 20.1 Å². The van der Waals surface area contributed by atoms with E-state index in [1.54, 1.807) is 18.2 Å². The first-order valence-corrected chi connectivity index (χ1v) is 6.65. The van der Waals surface area contributed by atoms with Gasteiger partial charge in [0, 0.05) is 18.7 Å². The number of nitrogens with one attached hydrogen (secondary N) is 2. The highest BCUT2D eigenvalue weighted by Gasteiger charge is 2.16. The molecule has 0 saturated heterocycles. The molecule has 0 bridgehead atoms. The zero-order valence-corrected chi connectivity index (χ0v) is 11.7. The van der Waals surface area contributed by atoms with Crippen LogP contribution in [-0.2, 0) is 4.79 Å². The molecule has 1 atom stereocenters. The molecule has 1 aliphatic heterocycles. The summed E-state index contributed by atoms with van der Waals surface area (Å²) in [7, 11) is 0. The molecule has 1 aromatic carbocycles. The first-order chi connectivity index (χ1) is 9.54. The lowest BCUT2D eigenvalue weighted by molar-refractivity contribution is -0.118. The van der Waals surface area contributed by atoms with E-state index in [1.165, 1.54) is 0 Å². The first kappa shape index (κ1) is 14.6. The van der Waals surface area contributed by atoms with Gasteiger partial charge >= 0.3 is 0 Å². The first-order valence-electron chi connectivity index (χ1n) is 6.65. The molecule has 1 amide bonds. The molecule has 0 aliphatic carbocycles. The molecule has 6 nitrogen and oxygen atoms in total. The van der Waals surface area contributed by atoms with Crippen LogP contribution in [0.3, 0.4) is 0 Å². The van der Waals surface area contributed by atoms with Crippen LogP contribution in [0.2, 0.25) is 0 Å². The molecular formula is C14H20N2O4. The molecule has 0 saturated carbocycles. The van der Waals surface area contributed by atoms with Crippen LogP contribution in [0.1, 0.15) is 13.8 Å². The molecule has 0 fully saturated rings. The Bertz CT molecular complexity index is 476. The summed E-state index contributed by atoms with van der Waals surface area (Å²) in [6, 6.07) is 5.50. The Morgan fingerprint density at radius 1 is 1.50 bits per heavy atom. The second kappa shape index (κ2) is 6.58. The summed E-state index contributed by atoms with van der Waals surface area (Å²) in [6.45, 7) is 4.72. The number of carbonyl (C=O) groups excluding carboxylic acids is 1. The lowest BCUT2D eigenvalue weighted by Gasteiger charge is -2.19. The second-order valence-electron chi connectivity index (χ2n) is 5.02. The van der Waals surface area contributed by atoms with Crippen LogP contribution in [0, 0.1) is 0 Å². The number of rotatable bonds is 6. The molecular weight excluding hydrogens is 260 g/mol. The number of ether oxygens (including phenoxy) is 2. The highest BCUT2D eigenvalue weighted by atomic mass is 16.5. The monoisotopic (exact) mass is 280 g/mol. The van der Waals surface area contributed by atoms with E-state index in [-0.39, 0.29) is 19.1 Å². The van der Waals surface area contributed by atoms with Crippen LogP contribution in [-0.4, -0.2) is 42.9 Å². The van der Waals surface area contributed by atoms with Crippen LogP contribution in [0.5, 0.6) is 11.5 Å². The summed E-state index contributed by atoms with van der Waals surface area (Å²) >= 11 is 0. The molecule has 1 unspecified atom stereocenters. The zero-order valence-electron chi connectivity index (χ0n) is 11.7. The van der Waals surface area contributed by atoms with Crippen molar-refractivity contribution in [3.8, 4) is 11.5 Å². The number of benzene rings is 1. The fourth-order valence-corrected chi connectivity index (χ4v) is 1.78. The van der Waals surface area contributed by atoms with Gasteiger partial charge in [-0.05, 0) is 12.1 Å². The quantitative estimate of drug-likeness (QED) is 0.717. The van der Waals surface area contributed by atoms with Crippen molar-refractivity contribution in [2.24, 2.45) is 0 Å². The topological polar surface area (TPSA) is 79.8 Å². The predicted octanol–water partition coefficient (Wildman–Crippen LogP) is 0.755. The SMILES string of the molecule is CC(C)NCC(O)COc1ccc2c(c1)NC(=O)CO2. The molecule has 1 heterocycles. The predicted molar refractivity (Wildman–Crippen MR) is 75.2 cm³/mol. The van der Waals surface area contributed by atoms with Crippen molar-refractivity contribution < 1.29 is 19.4 Å². The van der Waals surface area contributed by atoms with E-state index in [9.17, 15) is 9.90 Å². The maximum atomic E-state index is 11.2. The number of hydrogen-bond acceptors (Lipinski definition) is 5. The van der Waals surface area contributed by atoms with E-state index >= 15 is 0 Å². The van der Waals surface area contributed by atoms with Gasteiger partial charge < -0.3 is 25.2 Å². The number of anilines is 1. The molecule has 110 valence electrons. The number of fused-ring (bicyclic) bond motifs is 1. The minimum absolute atomic E-state index is 0.0345. The van der Waals surface area contributed by atoms with E-state index in [4.69, 9.17) is 9.47 Å². The number of aliphatic hydroxyl groups is 1. The van der Waals surface area contributed by atoms with Gasteiger partial charge in [-0.2, -0.15) is 0 Å². The van der Waals surface area contributed by atoms with E-state index in [0.717, 1.165) is 0 Å². The number of amides is 1. The molecule has 1 aromatic rings. The lowest BCUT2D eigenvalue weighted by Crippen LogP contribution is -2.35. The van der Waals surface area contributed by atoms with Crippen molar-refractivity contribution in [1.82, 2.24) is 5.32 Å². The maximum absolute atomic E-state index is 11.2. The molecule has 2 rings (SSSR count). The Morgan fingerprint density at radius 2 is 2.30 bits per heavy atom. The van der Waals surface area contributed by atoms with Gasteiger partial charge in [0.1, 0.15) is 24.2 Å². The van der Waals surface area contributed by atoms with Gasteiger partial charge in [0.05, 0.1) is 5.69 Å². The summed E-state index contributed by atoms with van der Waals surface area (Å²) in [5, 5.41) is 15.6. The third kappa shape index (κ3) is 4.11. The zero-order chi connectivity index (χ0) is 14.5. The Labute approximate surface area is 118 Å². The van der Waals surface area contributed by atoms with Crippen LogP contribution in [0.4, 0.5) is 5.69 Å². The summed E-state index contributed by atoms with van der Waals surface area (Å²) in [4.78, 5) is 11.2. The fraction of sp³-hybridized carbons (Fsp3) is 0.500. The van der Waals surface area contributed by atoms with Gasteiger partial charge in [-0.3, -0.25) is 4.79 Å². The molecule has 0 aromatic heterocycles. The molecule has 0 spiro atoms. The third-order valence-corrected chi connectivity index (χ3v) is 2.79. The molecule has 0 radical (unpaired) electrons. The highest BCUT2D eigenvalue weighted by Crippen LogP contribution is 2.31. The number of hydrogen-bond donors (Lipinski definition) is 3. The minimum atomic E-state index is -0.584. The van der Waals surface area contributed by atoms with Crippen LogP contribution in [0.25, 0.3) is 0 Å². The lowest BCUT2D eigenvalue weighted by atomic mass is 10.2. The second-order valence-corrected chi connectivity index (χ2v) is 5.02. The van der Waals surface area contributed by atoms with Crippen molar-refractivity contribution in [3.05, 3.63) is 18.2 Å². The normalized spacial score (nSPS) is 15.3. The molecule has 3 N–H and O–H groups in total. The molecule has 20 heavy (non-hydrogen) atoms. The number of carbonyl (C=O) groups is 1. The Balaban J connectivity index is 1.87. The van der Waals surface area contributed by atoms with Crippen LogP contribution >= 0.6 is 0 Å². The Kier molecular flexibility index (Phi) is 4.81. The fourth-order valence-electron chi connectivity index (χ4n) is 1.78. The number of aliphatic hydroxyl groups excluding tert-OH is 1. The summed E-state index contributed by atoms with van der Waals surface area (Å²) in [6.07, 6.45) is -0.584. The van der Waals surface area contributed by atoms with Crippen molar-refractivity contribution in [1.29, 1.82) is 0 Å². The van der Waals surface area contributed by atoms with Gasteiger partial charge in [0.25, 0.3) is 5.91 Å². The van der Waals surface area contributed by atoms with Gasteiger partial charge in [0.2, 0.25) is 0 Å². The van der Waals surface area contributed by atoms with Gasteiger partial charge in [-0.25, -0.2) is 0 Å². The van der Waals surface area contributed by atoms with E-state index in [1.807, 2.05) is 13.8 Å². The van der Waals surface area contributed by atoms with Crippen LogP contribution in [0.15, 0.2) is 18.2 Å². The maximum Gasteiger partial charge on any atom is 0.262 e. The van der Waals surface area contributed by atoms with Crippen molar-refractivity contribution >= 4 is 11.6 Å². The molecule has 1 aliphatic rings. The highest BCUT2D eigenvalue weighted by molar-refractivity contribution is 5.95. The molecule has 6 heteroatoms. The summed E-state index contributed by atoms with van der Waals surface area (Å²) in [5.74, 6) is 1.02. The average molecular weight is 280 g/mol. The van der Waals surface area contributed by atoms with E-state index < -0.39 is 6.10 Å². The van der Waals surface area contributed by atoms with E-state index in [2.05, 4.69) is 10.6 Å². The van der Waals surface area contributed by atoms with Crippen molar-refractivity contribution in [2.75, 3.05) is 25.1 Å². The van der Waals surface area contributed by atoms with Gasteiger partial charge in [0.15, 0.2) is 6.61 Å². The summed E-state index contributed by atoms with van der Waals surface area (Å²) < 4.78 is 10.8. The smallest absolute Gasteiger partial charge is 0.262 e. The van der Waals surface area contributed by atoms with Gasteiger partial charge in [-0.15, -0.1) is 0 Å². The Morgan fingerprint density at radius 3 is 3.05 bits per heavy atom. The minimum Gasteiger partial charge on any atom is -0.491 e. The Hall–Kier alpha value is -1.79. The van der Waals surface area contributed by atoms with E-state index in [0.29, 0.717) is 29.8 Å². The van der Waals surface area contributed by atoms with Crippen molar-refractivity contribution in [3.63, 3.8) is 0 Å². The summed E-state index contributed by atoms with van der Waals surface area (Å²) in [5.41, 5.74) is 0.591. The van der Waals surface area contributed by atoms with Crippen molar-refractivity contribution in [2.45, 2.75) is 26.0 Å². The standard InChI is InChI=1S/C14H20N2O4/c1-9(2)15-6-10(17)7-19-11-3-4-13-12(5-11)16-14(18)8-20-13/h3-5,9-10,15,17H,6-8H2,1-2H3,(H,16,18).